The molecule has 8 heteroatoms. The summed E-state index contributed by atoms with van der Waals surface area (Å²) in [7, 11) is 1.76. The second kappa shape index (κ2) is 11.6. The molecule has 0 saturated carbocycles. The zero-order chi connectivity index (χ0) is 19.8. The third kappa shape index (κ3) is 6.31. The maximum atomic E-state index is 5.45. The highest BCUT2D eigenvalue weighted by atomic mass is 127. The van der Waals surface area contributed by atoms with E-state index in [1.807, 2.05) is 35.1 Å². The maximum absolute atomic E-state index is 5.45. The number of benzene rings is 1. The molecule has 0 radical (unpaired) electrons. The molecule has 0 amide bonds. The van der Waals surface area contributed by atoms with Gasteiger partial charge in [-0.3, -0.25) is 4.99 Å². The van der Waals surface area contributed by atoms with Crippen LogP contribution in [0.2, 0.25) is 0 Å². The molecule has 0 aliphatic rings. The van der Waals surface area contributed by atoms with Crippen molar-refractivity contribution in [2.45, 2.75) is 45.7 Å². The molecule has 0 saturated heterocycles. The van der Waals surface area contributed by atoms with E-state index in [-0.39, 0.29) is 24.0 Å². The van der Waals surface area contributed by atoms with Crippen molar-refractivity contribution in [3.8, 4) is 5.69 Å². The first-order valence-corrected chi connectivity index (χ1v) is 9.72. The molecule has 29 heavy (non-hydrogen) atoms. The smallest absolute Gasteiger partial charge is 0.191 e. The first-order valence-electron chi connectivity index (χ1n) is 9.72. The Balaban J connectivity index is 0.00000300. The van der Waals surface area contributed by atoms with Crippen molar-refractivity contribution >= 4 is 29.9 Å². The van der Waals surface area contributed by atoms with E-state index in [0.29, 0.717) is 19.0 Å². The molecule has 0 aliphatic heterocycles. The van der Waals surface area contributed by atoms with Crippen molar-refractivity contribution < 1.29 is 4.52 Å². The van der Waals surface area contributed by atoms with Gasteiger partial charge in [0.25, 0.3) is 0 Å². The molecular formula is C21H29IN6O. The summed E-state index contributed by atoms with van der Waals surface area (Å²) in [5, 5.41) is 15.0. The molecule has 0 atom stereocenters. The monoisotopic (exact) mass is 508 g/mol. The molecule has 1 aromatic carbocycles. The number of hydrogen-bond acceptors (Lipinski definition) is 4. The predicted octanol–water partition coefficient (Wildman–Crippen LogP) is 4.25. The fraction of sp³-hybridized carbons (Fsp3) is 0.381. The van der Waals surface area contributed by atoms with Gasteiger partial charge in [0.05, 0.1) is 17.9 Å². The minimum atomic E-state index is 0. The van der Waals surface area contributed by atoms with E-state index in [0.717, 1.165) is 41.5 Å². The topological polar surface area (TPSA) is 80.3 Å². The van der Waals surface area contributed by atoms with E-state index in [9.17, 15) is 0 Å². The van der Waals surface area contributed by atoms with E-state index in [4.69, 9.17) is 4.52 Å². The molecule has 3 rings (SSSR count). The van der Waals surface area contributed by atoms with Crippen LogP contribution in [0.1, 0.15) is 49.6 Å². The van der Waals surface area contributed by atoms with Crippen molar-refractivity contribution in [2.24, 2.45) is 4.99 Å². The molecule has 0 aliphatic carbocycles. The number of nitrogens with one attached hydrogen (secondary N) is 2. The molecule has 156 valence electrons. The molecule has 0 spiro atoms. The van der Waals surface area contributed by atoms with Crippen LogP contribution >= 0.6 is 24.0 Å². The molecular weight excluding hydrogens is 479 g/mol. The lowest BCUT2D eigenvalue weighted by molar-refractivity contribution is 0.368. The van der Waals surface area contributed by atoms with Crippen molar-refractivity contribution in [1.82, 2.24) is 25.6 Å². The zero-order valence-corrected chi connectivity index (χ0v) is 19.5. The highest BCUT2D eigenvalue weighted by molar-refractivity contribution is 14.0. The van der Waals surface area contributed by atoms with Gasteiger partial charge in [0.2, 0.25) is 0 Å². The van der Waals surface area contributed by atoms with Gasteiger partial charge in [-0.1, -0.05) is 31.1 Å². The number of aromatic nitrogens is 3. The summed E-state index contributed by atoms with van der Waals surface area (Å²) in [4.78, 5) is 4.27. The van der Waals surface area contributed by atoms with Crippen LogP contribution in [0.3, 0.4) is 0 Å². The minimum absolute atomic E-state index is 0. The molecule has 0 unspecified atom stereocenters. The lowest BCUT2D eigenvalue weighted by Gasteiger charge is -2.11. The third-order valence-corrected chi connectivity index (χ3v) is 4.80. The standard InChI is InChI=1S/C21H28N6O.HI/c1-4-17(5-2)20-13-19(28-26-20)15-24-21(22-3)23-14-16-7-9-18(10-8-16)27-12-6-11-25-27;/h6-13,17H,4-5,14-15H2,1-3H3,(H2,22,23,24);1H. The van der Waals surface area contributed by atoms with Crippen LogP contribution in [-0.4, -0.2) is 27.9 Å². The van der Waals surface area contributed by atoms with Crippen molar-refractivity contribution in [3.05, 3.63) is 65.8 Å². The molecule has 0 bridgehead atoms. The SMILES string of the molecule is CCC(CC)c1cc(CNC(=NC)NCc2ccc(-n3cccn3)cc2)on1.I. The number of aliphatic imine (C=N–C) groups is 1. The van der Waals surface area contributed by atoms with E-state index >= 15 is 0 Å². The number of nitrogens with zero attached hydrogens (tertiary/aromatic N) is 4. The normalized spacial score (nSPS) is 11.4. The summed E-state index contributed by atoms with van der Waals surface area (Å²) in [6, 6.07) is 12.2. The maximum Gasteiger partial charge on any atom is 0.191 e. The van der Waals surface area contributed by atoms with Gasteiger partial charge in [0.15, 0.2) is 11.7 Å². The fourth-order valence-corrected chi connectivity index (χ4v) is 3.08. The van der Waals surface area contributed by atoms with Gasteiger partial charge in [-0.25, -0.2) is 4.68 Å². The summed E-state index contributed by atoms with van der Waals surface area (Å²) in [6.07, 6.45) is 5.83. The Morgan fingerprint density at radius 3 is 2.48 bits per heavy atom. The molecule has 2 heterocycles. The number of hydrogen-bond donors (Lipinski definition) is 2. The second-order valence-electron chi connectivity index (χ2n) is 6.63. The Bertz CT molecular complexity index is 869. The highest BCUT2D eigenvalue weighted by Crippen LogP contribution is 2.22. The lowest BCUT2D eigenvalue weighted by Crippen LogP contribution is -2.36. The van der Waals surface area contributed by atoms with Crippen LogP contribution in [0.15, 0.2) is 58.3 Å². The third-order valence-electron chi connectivity index (χ3n) is 4.80. The molecule has 2 N–H and O–H groups in total. The van der Waals surface area contributed by atoms with Crippen LogP contribution in [0.4, 0.5) is 0 Å². The van der Waals surface area contributed by atoms with Crippen LogP contribution in [0, 0.1) is 0 Å². The summed E-state index contributed by atoms with van der Waals surface area (Å²) in [5.74, 6) is 1.99. The van der Waals surface area contributed by atoms with E-state index in [1.165, 1.54) is 0 Å². The minimum Gasteiger partial charge on any atom is -0.359 e. The van der Waals surface area contributed by atoms with Crippen LogP contribution < -0.4 is 10.6 Å². The Kier molecular flexibility index (Phi) is 9.17. The van der Waals surface area contributed by atoms with Gasteiger partial charge < -0.3 is 15.2 Å². The number of rotatable bonds is 8. The Labute approximate surface area is 189 Å². The summed E-state index contributed by atoms with van der Waals surface area (Å²) >= 11 is 0. The number of guanidine groups is 1. The summed E-state index contributed by atoms with van der Waals surface area (Å²) in [5.41, 5.74) is 3.23. The van der Waals surface area contributed by atoms with E-state index < -0.39 is 0 Å². The quantitative estimate of drug-likeness (QED) is 0.270. The van der Waals surface area contributed by atoms with Crippen LogP contribution in [-0.2, 0) is 13.1 Å². The van der Waals surface area contributed by atoms with Crippen LogP contribution in [0.5, 0.6) is 0 Å². The van der Waals surface area contributed by atoms with Gasteiger partial charge in [-0.15, -0.1) is 24.0 Å². The van der Waals surface area contributed by atoms with Crippen molar-refractivity contribution in [3.63, 3.8) is 0 Å². The largest absolute Gasteiger partial charge is 0.359 e. The Morgan fingerprint density at radius 1 is 1.14 bits per heavy atom. The van der Waals surface area contributed by atoms with Gasteiger partial charge >= 0.3 is 0 Å². The lowest BCUT2D eigenvalue weighted by atomic mass is 9.99. The van der Waals surface area contributed by atoms with E-state index in [1.54, 1.807) is 13.2 Å². The summed E-state index contributed by atoms with van der Waals surface area (Å²) in [6.45, 7) is 5.57. The predicted molar refractivity (Wildman–Crippen MR) is 126 cm³/mol. The van der Waals surface area contributed by atoms with Gasteiger partial charge in [0.1, 0.15) is 0 Å². The van der Waals surface area contributed by atoms with Gasteiger partial charge in [0, 0.05) is 38.0 Å². The van der Waals surface area contributed by atoms with Crippen molar-refractivity contribution in [1.29, 1.82) is 0 Å². The van der Waals surface area contributed by atoms with E-state index in [2.05, 4.69) is 51.9 Å². The Morgan fingerprint density at radius 2 is 1.86 bits per heavy atom. The molecule has 3 aromatic rings. The average molecular weight is 508 g/mol. The fourth-order valence-electron chi connectivity index (χ4n) is 3.08. The number of halogens is 1. The average Bonchev–Trinajstić information content (AvgIpc) is 3.42. The van der Waals surface area contributed by atoms with Gasteiger partial charge in [-0.2, -0.15) is 5.10 Å². The Hall–Kier alpha value is -2.36. The molecule has 2 aromatic heterocycles. The second-order valence-corrected chi connectivity index (χ2v) is 6.63. The zero-order valence-electron chi connectivity index (χ0n) is 17.1. The highest BCUT2D eigenvalue weighted by Gasteiger charge is 2.13. The first kappa shape index (κ1) is 22.9. The first-order chi connectivity index (χ1) is 13.7. The summed E-state index contributed by atoms with van der Waals surface area (Å²) < 4.78 is 7.29. The van der Waals surface area contributed by atoms with Gasteiger partial charge in [-0.05, 0) is 36.6 Å². The van der Waals surface area contributed by atoms with Crippen LogP contribution in [0.25, 0.3) is 5.69 Å². The molecule has 7 nitrogen and oxygen atoms in total. The molecule has 0 fully saturated rings. The van der Waals surface area contributed by atoms with Crippen molar-refractivity contribution in [2.75, 3.05) is 7.05 Å².